The molecule has 0 unspecified atom stereocenters. The molecule has 0 spiro atoms. The second kappa shape index (κ2) is 7.34. The zero-order valence-corrected chi connectivity index (χ0v) is 14.4. The predicted octanol–water partition coefficient (Wildman–Crippen LogP) is 4.96. The normalized spacial score (nSPS) is 10.9. The van der Waals surface area contributed by atoms with Gasteiger partial charge < -0.3 is 0 Å². The molecule has 0 amide bonds. The van der Waals surface area contributed by atoms with Gasteiger partial charge in [-0.1, -0.05) is 6.07 Å². The smallest absolute Gasteiger partial charge is 0.154 e. The van der Waals surface area contributed by atoms with Gasteiger partial charge in [0, 0.05) is 23.3 Å². The molecule has 4 nitrogen and oxygen atoms in total. The molecule has 0 atom stereocenters. The Balaban J connectivity index is 1.80. The van der Waals surface area contributed by atoms with Gasteiger partial charge in [-0.05, 0) is 23.8 Å². The molecule has 4 aromatic rings. The van der Waals surface area contributed by atoms with Gasteiger partial charge in [-0.3, -0.25) is 4.98 Å². The number of rotatable bonds is 3. The molecule has 0 bridgehead atoms. The standard InChI is InChI=1S/C20H9F5N4/c21-12-5-16(24)19(26-8-12)14-3-10(1-2-15(14)23)11-4-18(29-28-7-11)20-17(25)6-13(22)9-27-20/h1-9H. The summed E-state index contributed by atoms with van der Waals surface area (Å²) in [5.41, 5.74) is 0.0462. The van der Waals surface area contributed by atoms with Crippen LogP contribution in [0, 0.1) is 29.1 Å². The molecule has 0 saturated carbocycles. The van der Waals surface area contributed by atoms with E-state index in [9.17, 15) is 22.0 Å². The summed E-state index contributed by atoms with van der Waals surface area (Å²) in [6, 6.07) is 6.47. The number of pyridine rings is 2. The zero-order chi connectivity index (χ0) is 20.5. The minimum atomic E-state index is -1.02. The summed E-state index contributed by atoms with van der Waals surface area (Å²) in [5.74, 6) is -4.44. The van der Waals surface area contributed by atoms with E-state index in [0.29, 0.717) is 23.3 Å². The van der Waals surface area contributed by atoms with Crippen LogP contribution in [0.15, 0.2) is 55.0 Å². The number of nitrogens with zero attached hydrogens (tertiary/aromatic N) is 4. The van der Waals surface area contributed by atoms with E-state index in [1.807, 2.05) is 0 Å². The van der Waals surface area contributed by atoms with E-state index >= 15 is 0 Å². The van der Waals surface area contributed by atoms with Crippen molar-refractivity contribution in [1.29, 1.82) is 0 Å². The number of benzene rings is 1. The molecular weight excluding hydrogens is 391 g/mol. The lowest BCUT2D eigenvalue weighted by molar-refractivity contribution is 0.573. The van der Waals surface area contributed by atoms with Gasteiger partial charge in [0.15, 0.2) is 11.6 Å². The van der Waals surface area contributed by atoms with E-state index < -0.39 is 29.1 Å². The van der Waals surface area contributed by atoms with Crippen LogP contribution in [0.5, 0.6) is 0 Å². The van der Waals surface area contributed by atoms with Crippen molar-refractivity contribution >= 4 is 0 Å². The van der Waals surface area contributed by atoms with Gasteiger partial charge in [-0.25, -0.2) is 26.9 Å². The highest BCUT2D eigenvalue weighted by Crippen LogP contribution is 2.30. The van der Waals surface area contributed by atoms with Crippen LogP contribution < -0.4 is 0 Å². The van der Waals surface area contributed by atoms with Crippen molar-refractivity contribution in [3.63, 3.8) is 0 Å². The van der Waals surface area contributed by atoms with Crippen molar-refractivity contribution in [2.75, 3.05) is 0 Å². The average molecular weight is 400 g/mol. The van der Waals surface area contributed by atoms with E-state index in [2.05, 4.69) is 20.2 Å². The van der Waals surface area contributed by atoms with E-state index in [1.165, 1.54) is 24.4 Å². The Morgan fingerprint density at radius 3 is 1.90 bits per heavy atom. The number of hydrogen-bond donors (Lipinski definition) is 0. The Kier molecular flexibility index (Phi) is 4.71. The van der Waals surface area contributed by atoms with Crippen LogP contribution in [0.4, 0.5) is 22.0 Å². The fourth-order valence-corrected chi connectivity index (χ4v) is 2.74. The highest BCUT2D eigenvalue weighted by molar-refractivity contribution is 5.73. The molecule has 0 radical (unpaired) electrons. The Morgan fingerprint density at radius 2 is 1.24 bits per heavy atom. The van der Waals surface area contributed by atoms with Gasteiger partial charge in [0.2, 0.25) is 0 Å². The third-order valence-corrected chi connectivity index (χ3v) is 4.07. The fourth-order valence-electron chi connectivity index (χ4n) is 2.74. The number of hydrogen-bond acceptors (Lipinski definition) is 4. The number of halogens is 5. The second-order valence-electron chi connectivity index (χ2n) is 5.99. The van der Waals surface area contributed by atoms with Gasteiger partial charge in [-0.15, -0.1) is 5.10 Å². The Bertz CT molecular complexity index is 1230. The number of aromatic nitrogens is 4. The van der Waals surface area contributed by atoms with Crippen molar-refractivity contribution in [3.8, 4) is 33.8 Å². The lowest BCUT2D eigenvalue weighted by Crippen LogP contribution is -1.97. The fraction of sp³-hybridized carbons (Fsp3) is 0. The minimum absolute atomic E-state index is 0.0250. The largest absolute Gasteiger partial charge is 0.250 e. The molecule has 0 fully saturated rings. The van der Waals surface area contributed by atoms with Crippen molar-refractivity contribution in [3.05, 3.63) is 84.1 Å². The summed E-state index contributed by atoms with van der Waals surface area (Å²) in [6.45, 7) is 0. The molecule has 0 N–H and O–H groups in total. The summed E-state index contributed by atoms with van der Waals surface area (Å²) in [7, 11) is 0. The van der Waals surface area contributed by atoms with Crippen LogP contribution in [0.25, 0.3) is 33.8 Å². The Morgan fingerprint density at radius 1 is 0.586 bits per heavy atom. The summed E-state index contributed by atoms with van der Waals surface area (Å²) in [5, 5.41) is 7.56. The average Bonchev–Trinajstić information content (AvgIpc) is 2.69. The Labute approximate surface area is 160 Å². The summed E-state index contributed by atoms with van der Waals surface area (Å²) >= 11 is 0. The van der Waals surface area contributed by atoms with Crippen LogP contribution in [-0.4, -0.2) is 20.2 Å². The monoisotopic (exact) mass is 400 g/mol. The molecule has 4 rings (SSSR count). The van der Waals surface area contributed by atoms with Crippen LogP contribution in [0.3, 0.4) is 0 Å². The first-order chi connectivity index (χ1) is 13.9. The van der Waals surface area contributed by atoms with Gasteiger partial charge in [0.1, 0.15) is 34.5 Å². The highest BCUT2D eigenvalue weighted by Gasteiger charge is 2.16. The predicted molar refractivity (Wildman–Crippen MR) is 93.7 cm³/mol. The van der Waals surface area contributed by atoms with Crippen LogP contribution in [0.1, 0.15) is 0 Å². The molecule has 29 heavy (non-hydrogen) atoms. The van der Waals surface area contributed by atoms with Gasteiger partial charge in [-0.2, -0.15) is 5.10 Å². The first-order valence-electron chi connectivity index (χ1n) is 8.18. The Hall–Kier alpha value is -3.75. The van der Waals surface area contributed by atoms with E-state index in [4.69, 9.17) is 0 Å². The van der Waals surface area contributed by atoms with Crippen molar-refractivity contribution in [2.24, 2.45) is 0 Å². The van der Waals surface area contributed by atoms with E-state index in [-0.39, 0.29) is 22.6 Å². The van der Waals surface area contributed by atoms with Crippen LogP contribution in [0.2, 0.25) is 0 Å². The molecule has 0 aliphatic heterocycles. The maximum Gasteiger partial charge on any atom is 0.154 e. The SMILES string of the molecule is Fc1cnc(-c2cc(-c3ccc(F)c(-c4ncc(F)cc4F)c3)cnn2)c(F)c1. The zero-order valence-electron chi connectivity index (χ0n) is 14.4. The van der Waals surface area contributed by atoms with Gasteiger partial charge in [0.05, 0.1) is 18.6 Å². The van der Waals surface area contributed by atoms with E-state index in [1.54, 1.807) is 0 Å². The minimum Gasteiger partial charge on any atom is -0.250 e. The lowest BCUT2D eigenvalue weighted by Gasteiger charge is -2.09. The quantitative estimate of drug-likeness (QED) is 0.456. The maximum atomic E-state index is 14.3. The van der Waals surface area contributed by atoms with Crippen molar-refractivity contribution in [2.45, 2.75) is 0 Å². The highest BCUT2D eigenvalue weighted by atomic mass is 19.1. The molecule has 0 aliphatic carbocycles. The summed E-state index contributed by atoms with van der Waals surface area (Å²) < 4.78 is 68.5. The molecule has 9 heteroatoms. The van der Waals surface area contributed by atoms with Crippen molar-refractivity contribution in [1.82, 2.24) is 20.2 Å². The second-order valence-corrected chi connectivity index (χ2v) is 5.99. The van der Waals surface area contributed by atoms with Gasteiger partial charge >= 0.3 is 0 Å². The third-order valence-electron chi connectivity index (χ3n) is 4.07. The molecule has 1 aromatic carbocycles. The molecule has 0 saturated heterocycles. The van der Waals surface area contributed by atoms with Gasteiger partial charge in [0.25, 0.3) is 0 Å². The maximum absolute atomic E-state index is 14.3. The lowest BCUT2D eigenvalue weighted by atomic mass is 10.0. The summed E-state index contributed by atoms with van der Waals surface area (Å²) in [6.07, 6.45) is 2.95. The van der Waals surface area contributed by atoms with Crippen molar-refractivity contribution < 1.29 is 22.0 Å². The van der Waals surface area contributed by atoms with Crippen LogP contribution >= 0.6 is 0 Å². The first-order valence-corrected chi connectivity index (χ1v) is 8.18. The van der Waals surface area contributed by atoms with Crippen LogP contribution in [-0.2, 0) is 0 Å². The topological polar surface area (TPSA) is 51.6 Å². The molecular formula is C20H9F5N4. The molecule has 144 valence electrons. The third kappa shape index (κ3) is 3.66. The van der Waals surface area contributed by atoms with E-state index in [0.717, 1.165) is 18.5 Å². The molecule has 3 aromatic heterocycles. The molecule has 0 aliphatic rings. The molecule has 3 heterocycles. The first kappa shape index (κ1) is 18.6. The summed E-state index contributed by atoms with van der Waals surface area (Å²) in [4.78, 5) is 7.29.